The smallest absolute Gasteiger partial charge is 0.266 e. The minimum Gasteiger partial charge on any atom is -0.273 e. The number of halogens is 1. The maximum absolute atomic E-state index is 13.2. The largest absolute Gasteiger partial charge is 0.273 e. The van der Waals surface area contributed by atoms with Gasteiger partial charge in [-0.25, -0.2) is 9.96 Å². The van der Waals surface area contributed by atoms with Crippen LogP contribution in [0.15, 0.2) is 54.6 Å². The molecule has 0 spiro atoms. The normalized spacial score (nSPS) is 24.6. The van der Waals surface area contributed by atoms with E-state index in [1.54, 1.807) is 29.3 Å². The number of hydrogen-bond donors (Lipinski definition) is 0. The predicted octanol–water partition coefficient (Wildman–Crippen LogP) is 4.21. The van der Waals surface area contributed by atoms with Crippen molar-refractivity contribution in [3.63, 3.8) is 0 Å². The number of rotatable bonds is 5. The average Bonchev–Trinajstić information content (AvgIpc) is 3.18. The van der Waals surface area contributed by atoms with Crippen LogP contribution in [0.5, 0.6) is 0 Å². The maximum Gasteiger partial charge on any atom is 0.266 e. The summed E-state index contributed by atoms with van der Waals surface area (Å²) in [5, 5.41) is 2.32. The van der Waals surface area contributed by atoms with E-state index < -0.39 is 12.0 Å². The lowest BCUT2D eigenvalue weighted by molar-refractivity contribution is -0.126. The third-order valence-electron chi connectivity index (χ3n) is 5.19. The molecule has 0 radical (unpaired) electrons. The molecule has 0 saturated carbocycles. The van der Waals surface area contributed by atoms with Crippen molar-refractivity contribution in [3.8, 4) is 0 Å². The van der Waals surface area contributed by atoms with Crippen molar-refractivity contribution in [1.29, 1.82) is 0 Å². The number of carbonyl (C=O) groups is 2. The van der Waals surface area contributed by atoms with E-state index in [1.807, 2.05) is 30.3 Å². The Morgan fingerprint density at radius 3 is 2.33 bits per heavy atom. The van der Waals surface area contributed by atoms with Gasteiger partial charge in [0.25, 0.3) is 5.91 Å². The molecule has 2 fully saturated rings. The summed E-state index contributed by atoms with van der Waals surface area (Å²) in [6.45, 7) is 2.11. The Kier molecular flexibility index (Phi) is 4.89. The van der Waals surface area contributed by atoms with Gasteiger partial charge in [-0.05, 0) is 42.8 Å². The van der Waals surface area contributed by atoms with Crippen LogP contribution in [-0.2, 0) is 14.4 Å². The molecule has 6 heteroatoms. The summed E-state index contributed by atoms with van der Waals surface area (Å²) in [5.41, 5.74) is 1.40. The maximum atomic E-state index is 13.2. The summed E-state index contributed by atoms with van der Waals surface area (Å²) in [4.78, 5) is 33.5. The third-order valence-corrected chi connectivity index (χ3v) is 5.44. The van der Waals surface area contributed by atoms with Crippen LogP contribution in [0.2, 0.25) is 5.02 Å². The average molecular weight is 385 g/mol. The lowest BCUT2D eigenvalue weighted by Crippen LogP contribution is -2.40. The van der Waals surface area contributed by atoms with Crippen LogP contribution in [0.3, 0.4) is 0 Å². The molecule has 5 nitrogen and oxygen atoms in total. The van der Waals surface area contributed by atoms with Gasteiger partial charge in [-0.2, -0.15) is 0 Å². The molecule has 3 unspecified atom stereocenters. The molecule has 27 heavy (non-hydrogen) atoms. The van der Waals surface area contributed by atoms with Crippen LogP contribution < -0.4 is 9.96 Å². The molecule has 0 aromatic heterocycles. The summed E-state index contributed by atoms with van der Waals surface area (Å²) < 4.78 is 0. The van der Waals surface area contributed by atoms with E-state index in [9.17, 15) is 9.59 Å². The monoisotopic (exact) mass is 384 g/mol. The number of imide groups is 1. The summed E-state index contributed by atoms with van der Waals surface area (Å²) in [5.74, 6) is -1.01. The molecule has 0 bridgehead atoms. The van der Waals surface area contributed by atoms with Crippen molar-refractivity contribution < 1.29 is 14.4 Å². The number of hydroxylamine groups is 1. The zero-order chi connectivity index (χ0) is 19.0. The van der Waals surface area contributed by atoms with Crippen molar-refractivity contribution in [2.75, 3.05) is 9.96 Å². The topological polar surface area (TPSA) is 49.9 Å². The number of nitrogens with zero attached hydrogens (tertiary/aromatic N) is 2. The first kappa shape index (κ1) is 18.0. The number of unbranched alkanes of at least 4 members (excludes halogenated alkanes) is 1. The first-order valence-electron chi connectivity index (χ1n) is 9.26. The Labute approximate surface area is 163 Å². The van der Waals surface area contributed by atoms with Crippen molar-refractivity contribution in [1.82, 2.24) is 0 Å². The molecule has 2 aromatic rings. The van der Waals surface area contributed by atoms with Crippen LogP contribution in [0.4, 0.5) is 11.4 Å². The molecule has 2 heterocycles. The number of para-hydroxylation sites is 1. The number of carbonyl (C=O) groups excluding carboxylic acids is 2. The van der Waals surface area contributed by atoms with Gasteiger partial charge in [-0.15, -0.1) is 0 Å². The van der Waals surface area contributed by atoms with Gasteiger partial charge in [-0.3, -0.25) is 14.4 Å². The highest BCUT2D eigenvalue weighted by Gasteiger charge is 2.59. The molecule has 2 aromatic carbocycles. The number of benzene rings is 2. The fraction of sp³-hybridized carbons (Fsp3) is 0.333. The molecular formula is C21H21ClN2O3. The Bertz CT molecular complexity index is 840. The highest BCUT2D eigenvalue weighted by atomic mass is 35.5. The third kappa shape index (κ3) is 3.11. The van der Waals surface area contributed by atoms with Crippen LogP contribution in [0.1, 0.15) is 26.2 Å². The van der Waals surface area contributed by atoms with Crippen LogP contribution >= 0.6 is 11.6 Å². The molecule has 2 aliphatic rings. The minimum atomic E-state index is -0.782. The van der Waals surface area contributed by atoms with E-state index >= 15 is 0 Å². The number of amides is 2. The molecular weight excluding hydrogens is 364 g/mol. The lowest BCUT2D eigenvalue weighted by Gasteiger charge is -2.28. The quantitative estimate of drug-likeness (QED) is 0.724. The second kappa shape index (κ2) is 7.33. The second-order valence-electron chi connectivity index (χ2n) is 6.91. The standard InChI is InChI=1S/C21H21ClN2O3/c1-2-3-9-17-18-19(27-24(17)16-7-5-4-6-8-16)21(26)23(20(18)25)15-12-10-14(22)11-13-15/h4-8,10-13,17-19H,2-3,9H2,1H3. The molecule has 3 atom stereocenters. The highest BCUT2D eigenvalue weighted by molar-refractivity contribution is 6.31. The molecule has 0 aliphatic carbocycles. The van der Waals surface area contributed by atoms with Gasteiger partial charge >= 0.3 is 0 Å². The van der Waals surface area contributed by atoms with Crippen LogP contribution in [0.25, 0.3) is 0 Å². The lowest BCUT2D eigenvalue weighted by atomic mass is 9.92. The van der Waals surface area contributed by atoms with Crippen LogP contribution in [-0.4, -0.2) is 24.0 Å². The fourth-order valence-corrected chi connectivity index (χ4v) is 4.00. The van der Waals surface area contributed by atoms with Crippen molar-refractivity contribution >= 4 is 34.8 Å². The Hall–Kier alpha value is -2.37. The second-order valence-corrected chi connectivity index (χ2v) is 7.35. The van der Waals surface area contributed by atoms with E-state index in [0.717, 1.165) is 24.9 Å². The fourth-order valence-electron chi connectivity index (χ4n) is 3.87. The molecule has 0 N–H and O–H groups in total. The molecule has 2 saturated heterocycles. The van der Waals surface area contributed by atoms with E-state index in [2.05, 4.69) is 6.92 Å². The van der Waals surface area contributed by atoms with E-state index in [4.69, 9.17) is 16.4 Å². The van der Waals surface area contributed by atoms with Gasteiger partial charge in [0.05, 0.1) is 23.3 Å². The first-order chi connectivity index (χ1) is 13.1. The Morgan fingerprint density at radius 1 is 0.963 bits per heavy atom. The van der Waals surface area contributed by atoms with E-state index in [0.29, 0.717) is 10.7 Å². The molecule has 2 amide bonds. The Balaban J connectivity index is 1.66. The number of hydrogen-bond acceptors (Lipinski definition) is 4. The van der Waals surface area contributed by atoms with Gasteiger partial charge in [0.2, 0.25) is 5.91 Å². The van der Waals surface area contributed by atoms with Crippen LogP contribution in [0, 0.1) is 5.92 Å². The van der Waals surface area contributed by atoms with Gasteiger partial charge < -0.3 is 0 Å². The van der Waals surface area contributed by atoms with Gasteiger partial charge in [0.1, 0.15) is 0 Å². The summed E-state index contributed by atoms with van der Waals surface area (Å²) >= 11 is 5.93. The first-order valence-corrected chi connectivity index (χ1v) is 9.64. The number of anilines is 2. The number of fused-ring (bicyclic) bond motifs is 1. The zero-order valence-electron chi connectivity index (χ0n) is 15.0. The predicted molar refractivity (Wildman–Crippen MR) is 105 cm³/mol. The van der Waals surface area contributed by atoms with Gasteiger partial charge in [0, 0.05) is 5.02 Å². The van der Waals surface area contributed by atoms with Crippen molar-refractivity contribution in [2.24, 2.45) is 5.92 Å². The summed E-state index contributed by atoms with van der Waals surface area (Å²) in [7, 11) is 0. The summed E-state index contributed by atoms with van der Waals surface area (Å²) in [6, 6.07) is 16.2. The van der Waals surface area contributed by atoms with E-state index in [-0.39, 0.29) is 17.9 Å². The molecule has 2 aliphatic heterocycles. The SMILES string of the molecule is CCCCC1C2C(=O)N(c3ccc(Cl)cc3)C(=O)C2ON1c1ccccc1. The van der Waals surface area contributed by atoms with Crippen molar-refractivity contribution in [2.45, 2.75) is 38.3 Å². The minimum absolute atomic E-state index is 0.161. The summed E-state index contributed by atoms with van der Waals surface area (Å²) in [6.07, 6.45) is 1.98. The van der Waals surface area contributed by atoms with Gasteiger partial charge in [0.15, 0.2) is 6.10 Å². The highest BCUT2D eigenvalue weighted by Crippen LogP contribution is 2.42. The molecule has 4 rings (SSSR count). The van der Waals surface area contributed by atoms with E-state index in [1.165, 1.54) is 4.90 Å². The Morgan fingerprint density at radius 2 is 1.67 bits per heavy atom. The van der Waals surface area contributed by atoms with Gasteiger partial charge in [-0.1, -0.05) is 49.6 Å². The molecule has 140 valence electrons. The zero-order valence-corrected chi connectivity index (χ0v) is 15.8. The van der Waals surface area contributed by atoms with Crippen molar-refractivity contribution in [3.05, 3.63) is 59.6 Å².